The SMILES string of the molecule is CCCCc1nnc(NC(=O)c2ccc(C)c(F)c2)s1. The first-order valence-corrected chi connectivity index (χ1v) is 7.31. The third-order valence-electron chi connectivity index (χ3n) is 2.87. The molecule has 2 aromatic rings. The highest BCUT2D eigenvalue weighted by atomic mass is 32.1. The summed E-state index contributed by atoms with van der Waals surface area (Å²) in [6.07, 6.45) is 3.00. The Labute approximate surface area is 121 Å². The standard InChI is InChI=1S/C14H16FN3OS/c1-3-4-5-12-17-18-14(20-12)16-13(19)10-7-6-9(2)11(15)8-10/h6-8H,3-5H2,1-2H3,(H,16,18,19). The zero-order valence-corrected chi connectivity index (χ0v) is 12.3. The minimum absolute atomic E-state index is 0.276. The lowest BCUT2D eigenvalue weighted by molar-refractivity contribution is 0.102. The average Bonchev–Trinajstić information content (AvgIpc) is 2.87. The van der Waals surface area contributed by atoms with Crippen LogP contribution >= 0.6 is 11.3 Å². The number of carbonyl (C=O) groups excluding carboxylic acids is 1. The van der Waals surface area contributed by atoms with Gasteiger partial charge in [0.05, 0.1) is 0 Å². The van der Waals surface area contributed by atoms with Crippen LogP contribution in [0.2, 0.25) is 0 Å². The van der Waals surface area contributed by atoms with Crippen molar-refractivity contribution < 1.29 is 9.18 Å². The van der Waals surface area contributed by atoms with Gasteiger partial charge < -0.3 is 0 Å². The van der Waals surface area contributed by atoms with E-state index in [0.29, 0.717) is 10.7 Å². The molecule has 0 aliphatic heterocycles. The van der Waals surface area contributed by atoms with Gasteiger partial charge in [0.25, 0.3) is 5.91 Å². The van der Waals surface area contributed by atoms with Crippen molar-refractivity contribution in [2.24, 2.45) is 0 Å². The highest BCUT2D eigenvalue weighted by Crippen LogP contribution is 2.18. The van der Waals surface area contributed by atoms with Crippen molar-refractivity contribution >= 4 is 22.4 Å². The fourth-order valence-corrected chi connectivity index (χ4v) is 2.41. The summed E-state index contributed by atoms with van der Waals surface area (Å²) in [6, 6.07) is 4.40. The quantitative estimate of drug-likeness (QED) is 0.916. The lowest BCUT2D eigenvalue weighted by Crippen LogP contribution is -2.12. The number of aryl methyl sites for hydroxylation is 2. The van der Waals surface area contributed by atoms with Gasteiger partial charge in [-0.3, -0.25) is 10.1 Å². The molecule has 1 amide bonds. The van der Waals surface area contributed by atoms with Gasteiger partial charge in [-0.15, -0.1) is 10.2 Å². The van der Waals surface area contributed by atoms with Crippen molar-refractivity contribution in [1.82, 2.24) is 10.2 Å². The number of carbonyl (C=O) groups is 1. The molecule has 0 saturated carbocycles. The van der Waals surface area contributed by atoms with E-state index in [1.165, 1.54) is 17.4 Å². The number of unbranched alkanes of at least 4 members (excludes halogenated alkanes) is 1. The van der Waals surface area contributed by atoms with Crippen LogP contribution in [-0.2, 0) is 6.42 Å². The number of amides is 1. The van der Waals surface area contributed by atoms with E-state index in [1.807, 2.05) is 0 Å². The molecular weight excluding hydrogens is 277 g/mol. The smallest absolute Gasteiger partial charge is 0.257 e. The average molecular weight is 293 g/mol. The molecule has 0 fully saturated rings. The fraction of sp³-hybridized carbons (Fsp3) is 0.357. The summed E-state index contributed by atoms with van der Waals surface area (Å²) >= 11 is 1.36. The molecule has 0 saturated heterocycles. The molecule has 0 spiro atoms. The second kappa shape index (κ2) is 6.56. The van der Waals surface area contributed by atoms with Crippen molar-refractivity contribution in [3.63, 3.8) is 0 Å². The first kappa shape index (κ1) is 14.6. The van der Waals surface area contributed by atoms with E-state index in [2.05, 4.69) is 22.4 Å². The molecule has 1 aromatic heterocycles. The number of halogens is 1. The Morgan fingerprint density at radius 3 is 2.90 bits per heavy atom. The molecule has 0 unspecified atom stereocenters. The zero-order chi connectivity index (χ0) is 14.5. The monoisotopic (exact) mass is 293 g/mol. The highest BCUT2D eigenvalue weighted by Gasteiger charge is 2.11. The van der Waals surface area contributed by atoms with Crippen LogP contribution in [0.1, 0.15) is 40.7 Å². The molecule has 1 N–H and O–H groups in total. The van der Waals surface area contributed by atoms with E-state index in [4.69, 9.17) is 0 Å². The topological polar surface area (TPSA) is 54.9 Å². The van der Waals surface area contributed by atoms with Gasteiger partial charge in [0.2, 0.25) is 5.13 Å². The van der Waals surface area contributed by atoms with Crippen LogP contribution < -0.4 is 5.32 Å². The molecule has 2 rings (SSSR count). The third-order valence-corrected chi connectivity index (χ3v) is 3.76. The molecule has 0 atom stereocenters. The van der Waals surface area contributed by atoms with Gasteiger partial charge in [0.15, 0.2) is 0 Å². The van der Waals surface area contributed by atoms with Crippen LogP contribution in [0.3, 0.4) is 0 Å². The second-order valence-corrected chi connectivity index (χ2v) is 5.58. The van der Waals surface area contributed by atoms with Crippen LogP contribution in [0.25, 0.3) is 0 Å². The van der Waals surface area contributed by atoms with Crippen molar-refractivity contribution in [3.05, 3.63) is 40.2 Å². The number of rotatable bonds is 5. The van der Waals surface area contributed by atoms with Gasteiger partial charge in [-0.05, 0) is 31.0 Å². The first-order chi connectivity index (χ1) is 9.60. The maximum Gasteiger partial charge on any atom is 0.257 e. The molecule has 20 heavy (non-hydrogen) atoms. The van der Waals surface area contributed by atoms with Crippen molar-refractivity contribution in [2.45, 2.75) is 33.1 Å². The van der Waals surface area contributed by atoms with E-state index in [0.717, 1.165) is 24.3 Å². The van der Waals surface area contributed by atoms with E-state index in [1.54, 1.807) is 19.1 Å². The number of nitrogens with zero attached hydrogens (tertiary/aromatic N) is 2. The molecule has 0 radical (unpaired) electrons. The summed E-state index contributed by atoms with van der Waals surface area (Å²) in [7, 11) is 0. The van der Waals surface area contributed by atoms with Crippen LogP contribution in [0.5, 0.6) is 0 Å². The van der Waals surface area contributed by atoms with Crippen LogP contribution in [0.15, 0.2) is 18.2 Å². The summed E-state index contributed by atoms with van der Waals surface area (Å²) in [4.78, 5) is 12.0. The Bertz CT molecular complexity index is 612. The van der Waals surface area contributed by atoms with Crippen molar-refractivity contribution in [3.8, 4) is 0 Å². The Morgan fingerprint density at radius 2 is 2.20 bits per heavy atom. The number of hydrogen-bond donors (Lipinski definition) is 1. The summed E-state index contributed by atoms with van der Waals surface area (Å²) in [5.74, 6) is -0.763. The maximum absolute atomic E-state index is 13.4. The number of aromatic nitrogens is 2. The molecule has 1 aromatic carbocycles. The summed E-state index contributed by atoms with van der Waals surface area (Å²) in [6.45, 7) is 3.76. The molecule has 4 nitrogen and oxygen atoms in total. The molecule has 0 bridgehead atoms. The third kappa shape index (κ3) is 3.60. The number of nitrogens with one attached hydrogen (secondary N) is 1. The Kier molecular flexibility index (Phi) is 4.79. The van der Waals surface area contributed by atoms with E-state index >= 15 is 0 Å². The van der Waals surface area contributed by atoms with Crippen LogP contribution in [0.4, 0.5) is 9.52 Å². The Hall–Kier alpha value is -1.82. The Morgan fingerprint density at radius 1 is 1.40 bits per heavy atom. The van der Waals surface area contributed by atoms with E-state index < -0.39 is 5.82 Å². The minimum atomic E-state index is -0.390. The number of hydrogen-bond acceptors (Lipinski definition) is 4. The van der Waals surface area contributed by atoms with Gasteiger partial charge in [-0.1, -0.05) is 30.7 Å². The molecule has 0 aliphatic carbocycles. The molecule has 106 valence electrons. The lowest BCUT2D eigenvalue weighted by atomic mass is 10.1. The van der Waals surface area contributed by atoms with Gasteiger partial charge in [-0.25, -0.2) is 4.39 Å². The maximum atomic E-state index is 13.4. The largest absolute Gasteiger partial charge is 0.296 e. The Balaban J connectivity index is 2.03. The van der Waals surface area contributed by atoms with Gasteiger partial charge >= 0.3 is 0 Å². The number of anilines is 1. The minimum Gasteiger partial charge on any atom is -0.296 e. The molecule has 6 heteroatoms. The zero-order valence-electron chi connectivity index (χ0n) is 11.4. The molecular formula is C14H16FN3OS. The van der Waals surface area contributed by atoms with Gasteiger partial charge in [0.1, 0.15) is 10.8 Å². The first-order valence-electron chi connectivity index (χ1n) is 6.50. The van der Waals surface area contributed by atoms with Crippen LogP contribution in [0, 0.1) is 12.7 Å². The molecule has 0 aliphatic rings. The predicted molar refractivity (Wildman–Crippen MR) is 77.6 cm³/mol. The number of benzene rings is 1. The summed E-state index contributed by atoms with van der Waals surface area (Å²) in [5.41, 5.74) is 0.790. The second-order valence-electron chi connectivity index (χ2n) is 4.52. The normalized spacial score (nSPS) is 10.6. The van der Waals surface area contributed by atoms with Gasteiger partial charge in [0, 0.05) is 12.0 Å². The van der Waals surface area contributed by atoms with E-state index in [-0.39, 0.29) is 11.5 Å². The molecule has 1 heterocycles. The van der Waals surface area contributed by atoms with E-state index in [9.17, 15) is 9.18 Å². The van der Waals surface area contributed by atoms with Gasteiger partial charge in [-0.2, -0.15) is 0 Å². The predicted octanol–water partition coefficient (Wildman–Crippen LogP) is 3.58. The summed E-state index contributed by atoms with van der Waals surface area (Å²) < 4.78 is 13.4. The van der Waals surface area contributed by atoms with Crippen LogP contribution in [-0.4, -0.2) is 16.1 Å². The lowest BCUT2D eigenvalue weighted by Gasteiger charge is -2.02. The fourth-order valence-electron chi connectivity index (χ4n) is 1.64. The van der Waals surface area contributed by atoms with Crippen molar-refractivity contribution in [1.29, 1.82) is 0 Å². The highest BCUT2D eigenvalue weighted by molar-refractivity contribution is 7.15. The summed E-state index contributed by atoms with van der Waals surface area (Å²) in [5, 5.41) is 11.9. The van der Waals surface area contributed by atoms with Crippen molar-refractivity contribution in [2.75, 3.05) is 5.32 Å².